The summed E-state index contributed by atoms with van der Waals surface area (Å²) >= 11 is 0. The van der Waals surface area contributed by atoms with Crippen LogP contribution in [0, 0.1) is 0 Å². The van der Waals surface area contributed by atoms with E-state index in [0.717, 1.165) is 24.0 Å². The second-order valence-electron chi connectivity index (χ2n) is 6.00. The molecule has 0 unspecified atom stereocenters. The van der Waals surface area contributed by atoms with Crippen LogP contribution in [0.1, 0.15) is 51.0 Å². The highest BCUT2D eigenvalue weighted by Crippen LogP contribution is 2.26. The molecule has 0 aliphatic heterocycles. The molecule has 0 amide bonds. The lowest BCUT2D eigenvalue weighted by molar-refractivity contribution is 0.103. The maximum Gasteiger partial charge on any atom is 0.193 e. The van der Waals surface area contributed by atoms with E-state index >= 15 is 0 Å². The fourth-order valence-electron chi connectivity index (χ4n) is 3.59. The topological polar surface area (TPSA) is 17.1 Å². The number of rotatable bonds is 2. The van der Waals surface area contributed by atoms with Gasteiger partial charge in [0.2, 0.25) is 0 Å². The van der Waals surface area contributed by atoms with Crippen molar-refractivity contribution < 1.29 is 4.79 Å². The number of carbonyl (C=O) groups is 1. The van der Waals surface area contributed by atoms with E-state index in [-0.39, 0.29) is 5.78 Å². The Morgan fingerprint density at radius 1 is 0.650 bits per heavy atom. The van der Waals surface area contributed by atoms with Crippen molar-refractivity contribution in [2.24, 2.45) is 0 Å². The number of aryl methyl sites for hydroxylation is 4. The van der Waals surface area contributed by atoms with Gasteiger partial charge in [-0.2, -0.15) is 0 Å². The second-order valence-corrected chi connectivity index (χ2v) is 6.00. The summed E-state index contributed by atoms with van der Waals surface area (Å²) in [5.74, 6) is 0.175. The number of benzene rings is 2. The highest BCUT2D eigenvalue weighted by atomic mass is 16.1. The first kappa shape index (κ1) is 11.9. The van der Waals surface area contributed by atoms with Crippen molar-refractivity contribution in [3.8, 4) is 0 Å². The minimum absolute atomic E-state index is 0.175. The molecule has 0 saturated carbocycles. The molecule has 2 aliphatic rings. The molecule has 0 bridgehead atoms. The lowest BCUT2D eigenvalue weighted by Gasteiger charge is -2.06. The van der Waals surface area contributed by atoms with Crippen LogP contribution in [0.25, 0.3) is 0 Å². The van der Waals surface area contributed by atoms with Crippen LogP contribution in [-0.4, -0.2) is 5.78 Å². The van der Waals surface area contributed by atoms with Gasteiger partial charge in [0, 0.05) is 11.1 Å². The highest BCUT2D eigenvalue weighted by Gasteiger charge is 2.17. The summed E-state index contributed by atoms with van der Waals surface area (Å²) in [7, 11) is 0. The quantitative estimate of drug-likeness (QED) is 0.750. The van der Waals surface area contributed by atoms with Crippen LogP contribution in [0.2, 0.25) is 0 Å². The molecule has 2 aromatic rings. The van der Waals surface area contributed by atoms with Crippen molar-refractivity contribution in [3.05, 3.63) is 69.8 Å². The Balaban J connectivity index is 1.70. The van der Waals surface area contributed by atoms with Crippen LogP contribution >= 0.6 is 0 Å². The van der Waals surface area contributed by atoms with E-state index in [2.05, 4.69) is 24.3 Å². The molecule has 0 heterocycles. The first-order chi connectivity index (χ1) is 9.81. The average Bonchev–Trinajstić information content (AvgIpc) is 3.13. The van der Waals surface area contributed by atoms with E-state index in [1.54, 1.807) is 0 Å². The van der Waals surface area contributed by atoms with Crippen molar-refractivity contribution in [2.45, 2.75) is 38.5 Å². The van der Waals surface area contributed by atoms with Gasteiger partial charge < -0.3 is 0 Å². The number of carbonyl (C=O) groups excluding carboxylic acids is 1. The van der Waals surface area contributed by atoms with Gasteiger partial charge in [-0.1, -0.05) is 24.3 Å². The van der Waals surface area contributed by atoms with Gasteiger partial charge in [-0.25, -0.2) is 0 Å². The number of hydrogen-bond donors (Lipinski definition) is 0. The third-order valence-electron chi connectivity index (χ3n) is 4.72. The van der Waals surface area contributed by atoms with E-state index in [0.29, 0.717) is 0 Å². The van der Waals surface area contributed by atoms with Gasteiger partial charge in [0.15, 0.2) is 5.78 Å². The van der Waals surface area contributed by atoms with Gasteiger partial charge in [-0.15, -0.1) is 0 Å². The van der Waals surface area contributed by atoms with Crippen LogP contribution in [0.15, 0.2) is 36.4 Å². The smallest absolute Gasteiger partial charge is 0.193 e. The van der Waals surface area contributed by atoms with Gasteiger partial charge in [-0.3, -0.25) is 4.79 Å². The zero-order valence-electron chi connectivity index (χ0n) is 11.6. The molecule has 4 rings (SSSR count). The predicted octanol–water partition coefficient (Wildman–Crippen LogP) is 3.90. The van der Waals surface area contributed by atoms with E-state index in [9.17, 15) is 4.79 Å². The zero-order valence-corrected chi connectivity index (χ0v) is 11.6. The summed E-state index contributed by atoms with van der Waals surface area (Å²) < 4.78 is 0. The summed E-state index contributed by atoms with van der Waals surface area (Å²) in [6.45, 7) is 0. The molecule has 0 spiro atoms. The molecule has 20 heavy (non-hydrogen) atoms. The van der Waals surface area contributed by atoms with Crippen LogP contribution in [0.3, 0.4) is 0 Å². The number of fused-ring (bicyclic) bond motifs is 2. The van der Waals surface area contributed by atoms with Crippen LogP contribution in [-0.2, 0) is 25.7 Å². The Morgan fingerprint density at radius 2 is 1.10 bits per heavy atom. The third-order valence-corrected chi connectivity index (χ3v) is 4.72. The van der Waals surface area contributed by atoms with Crippen molar-refractivity contribution in [3.63, 3.8) is 0 Å². The number of ketones is 1. The summed E-state index contributed by atoms with van der Waals surface area (Å²) in [4.78, 5) is 12.6. The van der Waals surface area contributed by atoms with Crippen molar-refractivity contribution in [1.29, 1.82) is 0 Å². The molecular formula is C19H18O. The monoisotopic (exact) mass is 262 g/mol. The summed E-state index contributed by atoms with van der Waals surface area (Å²) in [6.07, 6.45) is 7.05. The second kappa shape index (κ2) is 4.59. The van der Waals surface area contributed by atoms with Gasteiger partial charge in [0.05, 0.1) is 0 Å². The highest BCUT2D eigenvalue weighted by molar-refractivity contribution is 6.09. The van der Waals surface area contributed by atoms with Gasteiger partial charge in [0.25, 0.3) is 0 Å². The largest absolute Gasteiger partial charge is 0.289 e. The fraction of sp³-hybridized carbons (Fsp3) is 0.316. The average molecular weight is 262 g/mol. The van der Waals surface area contributed by atoms with Gasteiger partial charge >= 0.3 is 0 Å². The maximum absolute atomic E-state index is 12.6. The summed E-state index contributed by atoms with van der Waals surface area (Å²) in [6, 6.07) is 12.5. The lowest BCUT2D eigenvalue weighted by atomic mass is 9.97. The normalized spacial score (nSPS) is 16.0. The van der Waals surface area contributed by atoms with Crippen molar-refractivity contribution >= 4 is 5.78 Å². The van der Waals surface area contributed by atoms with Crippen LogP contribution < -0.4 is 0 Å². The molecule has 0 atom stereocenters. The Bertz CT molecular complexity index is 637. The van der Waals surface area contributed by atoms with Crippen molar-refractivity contribution in [2.75, 3.05) is 0 Å². The maximum atomic E-state index is 12.6. The molecular weight excluding hydrogens is 244 g/mol. The molecule has 2 aliphatic carbocycles. The molecule has 100 valence electrons. The molecule has 1 heteroatoms. The number of hydrogen-bond acceptors (Lipinski definition) is 1. The molecule has 1 nitrogen and oxygen atoms in total. The molecule has 0 fully saturated rings. The Hall–Kier alpha value is -1.89. The van der Waals surface area contributed by atoms with Crippen molar-refractivity contribution in [1.82, 2.24) is 0 Å². The van der Waals surface area contributed by atoms with E-state index in [4.69, 9.17) is 0 Å². The molecule has 0 saturated heterocycles. The van der Waals surface area contributed by atoms with Gasteiger partial charge in [0.1, 0.15) is 0 Å². The SMILES string of the molecule is O=C(c1ccc2c(c1)CCC2)c1ccc2c(c1)CCC2. The lowest BCUT2D eigenvalue weighted by Crippen LogP contribution is -2.03. The van der Waals surface area contributed by atoms with Crippen LogP contribution in [0.5, 0.6) is 0 Å². The molecule has 0 aromatic heterocycles. The Labute approximate surface area is 119 Å². The van der Waals surface area contributed by atoms with Gasteiger partial charge in [-0.05, 0) is 72.9 Å². The standard InChI is InChI=1S/C19H18O/c20-19(17-9-7-13-3-1-5-15(13)11-17)18-10-8-14-4-2-6-16(14)12-18/h7-12H,1-6H2. The minimum atomic E-state index is 0.175. The summed E-state index contributed by atoms with van der Waals surface area (Å²) in [5.41, 5.74) is 7.30. The minimum Gasteiger partial charge on any atom is -0.289 e. The summed E-state index contributed by atoms with van der Waals surface area (Å²) in [5, 5.41) is 0. The van der Waals surface area contributed by atoms with Crippen LogP contribution in [0.4, 0.5) is 0 Å². The predicted molar refractivity (Wildman–Crippen MR) is 80.4 cm³/mol. The molecule has 0 N–H and O–H groups in total. The third kappa shape index (κ3) is 1.89. The van der Waals surface area contributed by atoms with E-state index in [1.807, 2.05) is 12.1 Å². The first-order valence-corrected chi connectivity index (χ1v) is 7.59. The fourth-order valence-corrected chi connectivity index (χ4v) is 3.59. The Morgan fingerprint density at radius 3 is 1.60 bits per heavy atom. The van der Waals surface area contributed by atoms with E-state index in [1.165, 1.54) is 47.9 Å². The zero-order chi connectivity index (χ0) is 13.5. The molecule has 0 radical (unpaired) electrons. The molecule has 2 aromatic carbocycles. The first-order valence-electron chi connectivity index (χ1n) is 7.59. The Kier molecular flexibility index (Phi) is 2.73. The van der Waals surface area contributed by atoms with E-state index < -0.39 is 0 Å².